The number of piperazine rings is 1. The van der Waals surface area contributed by atoms with Crippen LogP contribution in [0.5, 0.6) is 0 Å². The molecule has 2 saturated carbocycles. The van der Waals surface area contributed by atoms with Gasteiger partial charge in [-0.1, -0.05) is 38.5 Å². The summed E-state index contributed by atoms with van der Waals surface area (Å²) in [6.07, 6.45) is 12.1. The molecule has 3 aliphatic rings. The maximum atomic E-state index is 13.3. The Morgan fingerprint density at radius 3 is 1.97 bits per heavy atom. The minimum Gasteiger partial charge on any atom is -0.345 e. The molecule has 2 aliphatic carbocycles. The lowest BCUT2D eigenvalue weighted by molar-refractivity contribution is -0.138. The van der Waals surface area contributed by atoms with Gasteiger partial charge in [0.1, 0.15) is 0 Å². The van der Waals surface area contributed by atoms with E-state index >= 15 is 0 Å². The number of rotatable bonds is 3. The van der Waals surface area contributed by atoms with Crippen molar-refractivity contribution in [3.05, 3.63) is 23.0 Å². The van der Waals surface area contributed by atoms with Crippen molar-refractivity contribution < 1.29 is 9.59 Å². The molecule has 0 aromatic carbocycles. The summed E-state index contributed by atoms with van der Waals surface area (Å²) >= 11 is 0. The van der Waals surface area contributed by atoms with Crippen molar-refractivity contribution in [3.8, 4) is 0 Å². The number of carbonyl (C=O) groups excluding carboxylic acids is 2. The molecule has 3 fully saturated rings. The second-order valence-corrected chi connectivity index (χ2v) is 9.40. The van der Waals surface area contributed by atoms with Crippen molar-refractivity contribution in [1.82, 2.24) is 14.4 Å². The van der Waals surface area contributed by atoms with Crippen LogP contribution in [0.3, 0.4) is 0 Å². The highest BCUT2D eigenvalue weighted by molar-refractivity contribution is 5.96. The molecule has 2 amide bonds. The molecule has 4 rings (SSSR count). The lowest BCUT2D eigenvalue weighted by atomic mass is 9.88. The molecule has 0 bridgehead atoms. The van der Waals surface area contributed by atoms with E-state index in [-0.39, 0.29) is 11.8 Å². The maximum Gasteiger partial charge on any atom is 0.255 e. The van der Waals surface area contributed by atoms with Crippen LogP contribution in [0.25, 0.3) is 0 Å². The third-order valence-corrected chi connectivity index (χ3v) is 7.49. The molecule has 0 unspecified atom stereocenters. The summed E-state index contributed by atoms with van der Waals surface area (Å²) < 4.78 is 2.41. The number of aryl methyl sites for hydroxylation is 1. The molecular formula is C24H37N3O2. The van der Waals surface area contributed by atoms with Crippen molar-refractivity contribution in [1.29, 1.82) is 0 Å². The van der Waals surface area contributed by atoms with Crippen LogP contribution in [0, 0.1) is 19.8 Å². The van der Waals surface area contributed by atoms with Gasteiger partial charge in [-0.3, -0.25) is 9.59 Å². The van der Waals surface area contributed by atoms with E-state index in [0.717, 1.165) is 24.1 Å². The van der Waals surface area contributed by atoms with E-state index in [1.165, 1.54) is 57.1 Å². The van der Waals surface area contributed by atoms with Crippen molar-refractivity contribution in [3.63, 3.8) is 0 Å². The highest BCUT2D eigenvalue weighted by atomic mass is 16.2. The predicted molar refractivity (Wildman–Crippen MR) is 115 cm³/mol. The van der Waals surface area contributed by atoms with Crippen molar-refractivity contribution >= 4 is 11.8 Å². The summed E-state index contributed by atoms with van der Waals surface area (Å²) in [5.74, 6) is 0.692. The quantitative estimate of drug-likeness (QED) is 0.752. The van der Waals surface area contributed by atoms with Crippen LogP contribution in [0.1, 0.15) is 92.0 Å². The number of carbonyl (C=O) groups is 2. The Morgan fingerprint density at radius 2 is 1.34 bits per heavy atom. The molecule has 1 aliphatic heterocycles. The fraction of sp³-hybridized carbons (Fsp3) is 0.750. The molecule has 1 saturated heterocycles. The summed E-state index contributed by atoms with van der Waals surface area (Å²) in [7, 11) is 0. The maximum absolute atomic E-state index is 13.3. The van der Waals surface area contributed by atoms with Crippen LogP contribution >= 0.6 is 0 Å². The molecule has 0 N–H and O–H groups in total. The van der Waals surface area contributed by atoms with Gasteiger partial charge in [0.15, 0.2) is 0 Å². The Hall–Kier alpha value is -1.78. The number of hydrogen-bond donors (Lipinski definition) is 0. The van der Waals surface area contributed by atoms with Crippen LogP contribution < -0.4 is 0 Å². The molecule has 5 heteroatoms. The third-order valence-electron chi connectivity index (χ3n) is 7.49. The van der Waals surface area contributed by atoms with Crippen LogP contribution in [-0.4, -0.2) is 52.4 Å². The van der Waals surface area contributed by atoms with E-state index in [1.54, 1.807) is 0 Å². The van der Waals surface area contributed by atoms with E-state index < -0.39 is 0 Å². The zero-order chi connectivity index (χ0) is 20.4. The third kappa shape index (κ3) is 4.24. The minimum absolute atomic E-state index is 0.143. The Balaban J connectivity index is 1.39. The normalized spacial score (nSPS) is 22.1. The Bertz CT molecular complexity index is 734. The van der Waals surface area contributed by atoms with E-state index in [0.29, 0.717) is 38.1 Å². The second-order valence-electron chi connectivity index (χ2n) is 9.40. The zero-order valence-electron chi connectivity index (χ0n) is 18.3. The fourth-order valence-electron chi connectivity index (χ4n) is 5.80. The summed E-state index contributed by atoms with van der Waals surface area (Å²) in [6.45, 7) is 6.93. The SMILES string of the molecule is Cc1cc(C(=O)N2CCN(C(=O)C3CCCCC3)CC2)c(C)n1C1CCCCC1. The van der Waals surface area contributed by atoms with Crippen molar-refractivity contribution in [2.75, 3.05) is 26.2 Å². The van der Waals surface area contributed by atoms with Gasteiger partial charge in [0.2, 0.25) is 5.91 Å². The second kappa shape index (κ2) is 8.93. The highest BCUT2D eigenvalue weighted by Gasteiger charge is 2.31. The van der Waals surface area contributed by atoms with Gasteiger partial charge >= 0.3 is 0 Å². The summed E-state index contributed by atoms with van der Waals surface area (Å²) in [5.41, 5.74) is 3.20. The van der Waals surface area contributed by atoms with Gasteiger partial charge < -0.3 is 14.4 Å². The number of hydrogen-bond acceptors (Lipinski definition) is 2. The Labute approximate surface area is 175 Å². The van der Waals surface area contributed by atoms with Gasteiger partial charge in [0, 0.05) is 49.5 Å². The van der Waals surface area contributed by atoms with Gasteiger partial charge in [-0.15, -0.1) is 0 Å². The van der Waals surface area contributed by atoms with E-state index in [2.05, 4.69) is 24.5 Å². The first-order chi connectivity index (χ1) is 14.1. The smallest absolute Gasteiger partial charge is 0.255 e. The largest absolute Gasteiger partial charge is 0.345 e. The molecule has 5 nitrogen and oxygen atoms in total. The monoisotopic (exact) mass is 399 g/mol. The molecule has 0 atom stereocenters. The van der Waals surface area contributed by atoms with Gasteiger partial charge in [-0.05, 0) is 45.6 Å². The van der Waals surface area contributed by atoms with Gasteiger partial charge in [0.25, 0.3) is 5.91 Å². The lowest BCUT2D eigenvalue weighted by Gasteiger charge is -2.37. The highest BCUT2D eigenvalue weighted by Crippen LogP contribution is 2.32. The molecule has 160 valence electrons. The number of amides is 2. The zero-order valence-corrected chi connectivity index (χ0v) is 18.3. The van der Waals surface area contributed by atoms with Gasteiger partial charge in [-0.2, -0.15) is 0 Å². The molecule has 1 aromatic rings. The van der Waals surface area contributed by atoms with E-state index in [4.69, 9.17) is 0 Å². The van der Waals surface area contributed by atoms with Gasteiger partial charge in [0.05, 0.1) is 5.56 Å². The number of nitrogens with zero attached hydrogens (tertiary/aromatic N) is 3. The van der Waals surface area contributed by atoms with E-state index in [1.807, 2.05) is 9.80 Å². The average molecular weight is 400 g/mol. The van der Waals surface area contributed by atoms with Gasteiger partial charge in [-0.25, -0.2) is 0 Å². The average Bonchev–Trinajstić information content (AvgIpc) is 3.08. The predicted octanol–water partition coefficient (Wildman–Crippen LogP) is 4.47. The molecule has 29 heavy (non-hydrogen) atoms. The summed E-state index contributed by atoms with van der Waals surface area (Å²) in [6, 6.07) is 2.64. The topological polar surface area (TPSA) is 45.6 Å². The van der Waals surface area contributed by atoms with E-state index in [9.17, 15) is 9.59 Å². The molecular weight excluding hydrogens is 362 g/mol. The molecule has 0 spiro atoms. The first kappa shape index (κ1) is 20.5. The molecule has 0 radical (unpaired) electrons. The van der Waals surface area contributed by atoms with Crippen molar-refractivity contribution in [2.24, 2.45) is 5.92 Å². The number of aromatic nitrogens is 1. The Kier molecular flexibility index (Phi) is 6.31. The standard InChI is InChI=1S/C24H37N3O2/c1-18-17-22(19(2)27(18)21-11-7-4-8-12-21)24(29)26-15-13-25(14-16-26)23(28)20-9-5-3-6-10-20/h17,20-21H,3-16H2,1-2H3. The minimum atomic E-state index is 0.143. The molecule has 2 heterocycles. The summed E-state index contributed by atoms with van der Waals surface area (Å²) in [4.78, 5) is 30.0. The van der Waals surface area contributed by atoms with Crippen LogP contribution in [0.2, 0.25) is 0 Å². The first-order valence-corrected chi connectivity index (χ1v) is 11.8. The van der Waals surface area contributed by atoms with Crippen LogP contribution in [-0.2, 0) is 4.79 Å². The van der Waals surface area contributed by atoms with Crippen molar-refractivity contribution in [2.45, 2.75) is 84.1 Å². The lowest BCUT2D eigenvalue weighted by Crippen LogP contribution is -2.52. The molecule has 1 aromatic heterocycles. The van der Waals surface area contributed by atoms with Crippen LogP contribution in [0.4, 0.5) is 0 Å². The first-order valence-electron chi connectivity index (χ1n) is 11.8. The summed E-state index contributed by atoms with van der Waals surface area (Å²) in [5, 5.41) is 0. The fourth-order valence-corrected chi connectivity index (χ4v) is 5.80. The van der Waals surface area contributed by atoms with Crippen LogP contribution in [0.15, 0.2) is 6.07 Å². The Morgan fingerprint density at radius 1 is 0.793 bits per heavy atom.